The summed E-state index contributed by atoms with van der Waals surface area (Å²) in [6.45, 7) is 4.20. The zero-order valence-corrected chi connectivity index (χ0v) is 20.4. The summed E-state index contributed by atoms with van der Waals surface area (Å²) in [5, 5.41) is 4.20. The first-order chi connectivity index (χ1) is 16.4. The normalized spacial score (nSPS) is 13.5. The molecule has 1 aliphatic rings. The molecule has 178 valence electrons. The number of piperazine rings is 1. The van der Waals surface area contributed by atoms with E-state index in [0.29, 0.717) is 53.7 Å². The van der Waals surface area contributed by atoms with Crippen LogP contribution in [0, 0.1) is 6.92 Å². The summed E-state index contributed by atoms with van der Waals surface area (Å²) in [5.74, 6) is 2.46. The Morgan fingerprint density at radius 2 is 1.76 bits per heavy atom. The maximum absolute atomic E-state index is 12.6. The number of aromatic nitrogens is 2. The van der Waals surface area contributed by atoms with Gasteiger partial charge in [-0.3, -0.25) is 4.79 Å². The molecule has 1 fully saturated rings. The van der Waals surface area contributed by atoms with Gasteiger partial charge >= 0.3 is 0 Å². The summed E-state index contributed by atoms with van der Waals surface area (Å²) in [5.41, 5.74) is 1.76. The second-order valence-electron chi connectivity index (χ2n) is 7.78. The van der Waals surface area contributed by atoms with Gasteiger partial charge in [0, 0.05) is 48.6 Å². The average molecular weight is 502 g/mol. The molecule has 1 aromatic heterocycles. The quantitative estimate of drug-likeness (QED) is 0.507. The van der Waals surface area contributed by atoms with E-state index in [2.05, 4.69) is 20.2 Å². The zero-order valence-electron chi connectivity index (χ0n) is 18.9. The molecule has 8 nitrogen and oxygen atoms in total. The van der Waals surface area contributed by atoms with Gasteiger partial charge in [-0.1, -0.05) is 23.2 Å². The highest BCUT2D eigenvalue weighted by Crippen LogP contribution is 2.27. The minimum atomic E-state index is -0.0994. The van der Waals surface area contributed by atoms with E-state index in [4.69, 9.17) is 32.7 Å². The number of ether oxygens (including phenoxy) is 2. The number of carbonyl (C=O) groups is 1. The summed E-state index contributed by atoms with van der Waals surface area (Å²) < 4.78 is 10.8. The van der Waals surface area contributed by atoms with Crippen LogP contribution in [0.25, 0.3) is 0 Å². The Hall–Kier alpha value is -3.23. The average Bonchev–Trinajstić information content (AvgIpc) is 2.83. The first kappa shape index (κ1) is 23.9. The molecule has 1 aliphatic heterocycles. The molecule has 0 atom stereocenters. The third-order valence-corrected chi connectivity index (χ3v) is 5.90. The van der Waals surface area contributed by atoms with E-state index in [9.17, 15) is 4.79 Å². The minimum absolute atomic E-state index is 0.0851. The van der Waals surface area contributed by atoms with Gasteiger partial charge in [-0.25, -0.2) is 4.98 Å². The predicted molar refractivity (Wildman–Crippen MR) is 134 cm³/mol. The van der Waals surface area contributed by atoms with E-state index < -0.39 is 0 Å². The molecule has 0 bridgehead atoms. The highest BCUT2D eigenvalue weighted by molar-refractivity contribution is 6.35. The standard InChI is InChI=1S/C24H25Cl2N5O3/c1-16-13-22(28-18-4-6-19(33-2)7-5-18)29-24(27-16)31-11-9-30(10-12-31)23(32)15-34-21-8-3-17(25)14-20(21)26/h3-8,13-14H,9-12,15H2,1-2H3,(H,27,28,29). The number of aryl methyl sites for hydroxylation is 1. The van der Waals surface area contributed by atoms with Crippen LogP contribution in [0.4, 0.5) is 17.5 Å². The number of hydrogen-bond donors (Lipinski definition) is 1. The molecule has 2 aromatic carbocycles. The topological polar surface area (TPSA) is 79.8 Å². The number of rotatable bonds is 7. The van der Waals surface area contributed by atoms with Crippen molar-refractivity contribution in [2.45, 2.75) is 6.92 Å². The van der Waals surface area contributed by atoms with Crippen molar-refractivity contribution in [2.24, 2.45) is 0 Å². The Bertz CT molecular complexity index is 1150. The van der Waals surface area contributed by atoms with Gasteiger partial charge in [-0.2, -0.15) is 4.98 Å². The van der Waals surface area contributed by atoms with Gasteiger partial charge in [0.1, 0.15) is 17.3 Å². The maximum Gasteiger partial charge on any atom is 0.260 e. The fourth-order valence-electron chi connectivity index (χ4n) is 3.56. The lowest BCUT2D eigenvalue weighted by Gasteiger charge is -2.34. The zero-order chi connectivity index (χ0) is 24.1. The van der Waals surface area contributed by atoms with E-state index >= 15 is 0 Å². The number of anilines is 3. The van der Waals surface area contributed by atoms with Crippen LogP contribution in [0.5, 0.6) is 11.5 Å². The van der Waals surface area contributed by atoms with Crippen LogP contribution in [0.3, 0.4) is 0 Å². The molecule has 0 spiro atoms. The van der Waals surface area contributed by atoms with Crippen LogP contribution >= 0.6 is 23.2 Å². The van der Waals surface area contributed by atoms with E-state index in [0.717, 1.165) is 17.1 Å². The molecule has 0 unspecified atom stereocenters. The number of benzene rings is 2. The van der Waals surface area contributed by atoms with Crippen molar-refractivity contribution in [1.29, 1.82) is 0 Å². The fourth-order valence-corrected chi connectivity index (χ4v) is 4.02. The van der Waals surface area contributed by atoms with Gasteiger partial charge in [-0.15, -0.1) is 0 Å². The monoisotopic (exact) mass is 501 g/mol. The minimum Gasteiger partial charge on any atom is -0.497 e. The Labute approximate surface area is 208 Å². The Morgan fingerprint density at radius 3 is 2.44 bits per heavy atom. The molecule has 10 heteroatoms. The molecule has 4 rings (SSSR count). The van der Waals surface area contributed by atoms with Crippen LogP contribution in [0.15, 0.2) is 48.5 Å². The molecule has 1 saturated heterocycles. The van der Waals surface area contributed by atoms with Crippen molar-refractivity contribution >= 4 is 46.6 Å². The molecule has 0 aliphatic carbocycles. The van der Waals surface area contributed by atoms with Crippen molar-refractivity contribution in [1.82, 2.24) is 14.9 Å². The van der Waals surface area contributed by atoms with Crippen LogP contribution < -0.4 is 19.7 Å². The third kappa shape index (κ3) is 6.01. The molecule has 2 heterocycles. The fraction of sp³-hybridized carbons (Fsp3) is 0.292. The van der Waals surface area contributed by atoms with Gasteiger partial charge in [0.15, 0.2) is 6.61 Å². The summed E-state index contributed by atoms with van der Waals surface area (Å²) in [6, 6.07) is 14.4. The van der Waals surface area contributed by atoms with Gasteiger partial charge in [0.05, 0.1) is 12.1 Å². The number of carbonyl (C=O) groups excluding carboxylic acids is 1. The van der Waals surface area contributed by atoms with E-state index in [1.807, 2.05) is 37.3 Å². The number of methoxy groups -OCH3 is 1. The Kier molecular flexibility index (Phi) is 7.59. The molecule has 3 aromatic rings. The number of nitrogens with zero attached hydrogens (tertiary/aromatic N) is 4. The van der Waals surface area contributed by atoms with Crippen molar-refractivity contribution in [2.75, 3.05) is 50.1 Å². The van der Waals surface area contributed by atoms with Gasteiger partial charge in [0.25, 0.3) is 5.91 Å². The second kappa shape index (κ2) is 10.8. The number of amides is 1. The lowest BCUT2D eigenvalue weighted by molar-refractivity contribution is -0.133. The first-order valence-electron chi connectivity index (χ1n) is 10.8. The van der Waals surface area contributed by atoms with Crippen molar-refractivity contribution in [3.63, 3.8) is 0 Å². The number of halogens is 2. The van der Waals surface area contributed by atoms with Crippen LogP contribution in [-0.2, 0) is 4.79 Å². The largest absolute Gasteiger partial charge is 0.497 e. The van der Waals surface area contributed by atoms with Crippen LogP contribution in [-0.4, -0.2) is 60.7 Å². The van der Waals surface area contributed by atoms with Crippen molar-refractivity contribution < 1.29 is 14.3 Å². The lowest BCUT2D eigenvalue weighted by Crippen LogP contribution is -2.50. The molecule has 0 radical (unpaired) electrons. The third-order valence-electron chi connectivity index (χ3n) is 5.37. The predicted octanol–water partition coefficient (Wildman–Crippen LogP) is 4.57. The summed E-state index contributed by atoms with van der Waals surface area (Å²) in [4.78, 5) is 25.7. The molecule has 1 N–H and O–H groups in total. The molecule has 0 saturated carbocycles. The first-order valence-corrected chi connectivity index (χ1v) is 11.5. The van der Waals surface area contributed by atoms with E-state index in [1.54, 1.807) is 30.2 Å². The Morgan fingerprint density at radius 1 is 1.03 bits per heavy atom. The maximum atomic E-state index is 12.6. The van der Waals surface area contributed by atoms with E-state index in [-0.39, 0.29) is 12.5 Å². The van der Waals surface area contributed by atoms with Crippen LogP contribution in [0.2, 0.25) is 10.0 Å². The highest BCUT2D eigenvalue weighted by Gasteiger charge is 2.23. The summed E-state index contributed by atoms with van der Waals surface area (Å²) in [7, 11) is 1.64. The van der Waals surface area contributed by atoms with Crippen molar-refractivity contribution in [3.8, 4) is 11.5 Å². The summed E-state index contributed by atoms with van der Waals surface area (Å²) >= 11 is 12.0. The number of hydrogen-bond acceptors (Lipinski definition) is 7. The summed E-state index contributed by atoms with van der Waals surface area (Å²) in [6.07, 6.45) is 0. The van der Waals surface area contributed by atoms with Gasteiger partial charge in [0.2, 0.25) is 5.95 Å². The molecular weight excluding hydrogens is 477 g/mol. The van der Waals surface area contributed by atoms with Gasteiger partial charge in [-0.05, 0) is 49.4 Å². The molecule has 1 amide bonds. The smallest absolute Gasteiger partial charge is 0.260 e. The van der Waals surface area contributed by atoms with Gasteiger partial charge < -0.3 is 24.6 Å². The Balaban J connectivity index is 1.33. The molecular formula is C24H25Cl2N5O3. The molecule has 34 heavy (non-hydrogen) atoms. The second-order valence-corrected chi connectivity index (χ2v) is 8.62. The van der Waals surface area contributed by atoms with Crippen LogP contribution in [0.1, 0.15) is 5.69 Å². The highest BCUT2D eigenvalue weighted by atomic mass is 35.5. The SMILES string of the molecule is COc1ccc(Nc2cc(C)nc(N3CCN(C(=O)COc4ccc(Cl)cc4Cl)CC3)n2)cc1. The number of nitrogens with one attached hydrogen (secondary N) is 1. The lowest BCUT2D eigenvalue weighted by atomic mass is 10.3. The van der Waals surface area contributed by atoms with E-state index in [1.165, 1.54) is 0 Å². The van der Waals surface area contributed by atoms with Crippen molar-refractivity contribution in [3.05, 3.63) is 64.3 Å².